The number of hydrogen-bond acceptors (Lipinski definition) is 5. The van der Waals surface area contributed by atoms with Gasteiger partial charge in [-0.3, -0.25) is 14.5 Å². The number of carbonyl (C=O) groups excluding carboxylic acids is 2. The Labute approximate surface area is 170 Å². The molecule has 6 nitrogen and oxygen atoms in total. The van der Waals surface area contributed by atoms with E-state index in [0.717, 1.165) is 18.5 Å². The monoisotopic (exact) mass is 392 g/mol. The Hall–Kier alpha value is -3.28. The summed E-state index contributed by atoms with van der Waals surface area (Å²) < 4.78 is 10.7. The minimum absolute atomic E-state index is 0.251. The molecule has 0 aromatic heterocycles. The van der Waals surface area contributed by atoms with Gasteiger partial charge in [-0.15, -0.1) is 0 Å². The number of rotatable bonds is 5. The van der Waals surface area contributed by atoms with Gasteiger partial charge in [0.1, 0.15) is 5.70 Å². The van der Waals surface area contributed by atoms with Crippen LogP contribution in [0.3, 0.4) is 0 Å². The Bertz CT molecular complexity index is 1010. The summed E-state index contributed by atoms with van der Waals surface area (Å²) in [5.41, 5.74) is 3.68. The van der Waals surface area contributed by atoms with Crippen LogP contribution in [-0.2, 0) is 16.0 Å². The van der Waals surface area contributed by atoms with Crippen LogP contribution in [0.4, 0.5) is 5.69 Å². The third kappa shape index (κ3) is 3.05. The zero-order valence-corrected chi connectivity index (χ0v) is 16.9. The molecule has 2 amide bonds. The molecule has 2 aromatic rings. The summed E-state index contributed by atoms with van der Waals surface area (Å²) >= 11 is 0. The number of imide groups is 1. The van der Waals surface area contributed by atoms with Crippen molar-refractivity contribution >= 4 is 23.1 Å². The highest BCUT2D eigenvalue weighted by atomic mass is 16.5. The van der Waals surface area contributed by atoms with E-state index in [2.05, 4.69) is 6.07 Å². The fourth-order valence-electron chi connectivity index (χ4n) is 4.12. The number of carbonyl (C=O) groups is 2. The van der Waals surface area contributed by atoms with Crippen LogP contribution in [0.1, 0.15) is 24.5 Å². The van der Waals surface area contributed by atoms with Crippen LogP contribution in [0, 0.1) is 0 Å². The number of fused-ring (bicyclic) bond motifs is 1. The van der Waals surface area contributed by atoms with Crippen molar-refractivity contribution in [1.82, 2.24) is 4.90 Å². The molecule has 0 spiro atoms. The molecular weight excluding hydrogens is 368 g/mol. The molecule has 6 heteroatoms. The van der Waals surface area contributed by atoms with Gasteiger partial charge in [0, 0.05) is 18.8 Å². The molecule has 4 rings (SSSR count). The molecule has 0 unspecified atom stereocenters. The van der Waals surface area contributed by atoms with Crippen molar-refractivity contribution in [2.75, 3.05) is 32.2 Å². The highest BCUT2D eigenvalue weighted by Crippen LogP contribution is 2.39. The van der Waals surface area contributed by atoms with Crippen molar-refractivity contribution in [3.63, 3.8) is 0 Å². The van der Waals surface area contributed by atoms with E-state index in [1.165, 1.54) is 10.5 Å². The lowest BCUT2D eigenvalue weighted by Gasteiger charge is -2.32. The Balaban J connectivity index is 1.92. The number of hydrogen-bond donors (Lipinski definition) is 0. The first-order chi connectivity index (χ1) is 14.1. The topological polar surface area (TPSA) is 59.1 Å². The summed E-state index contributed by atoms with van der Waals surface area (Å²) in [6.07, 6.45) is 1.89. The van der Waals surface area contributed by atoms with Gasteiger partial charge in [-0.1, -0.05) is 24.3 Å². The Morgan fingerprint density at radius 2 is 1.72 bits per heavy atom. The van der Waals surface area contributed by atoms with Gasteiger partial charge in [0.05, 0.1) is 19.8 Å². The highest BCUT2D eigenvalue weighted by Gasteiger charge is 2.42. The summed E-state index contributed by atoms with van der Waals surface area (Å²) in [5.74, 6) is 0.568. The largest absolute Gasteiger partial charge is 0.493 e. The number of para-hydroxylation sites is 1. The fourth-order valence-corrected chi connectivity index (χ4v) is 4.12. The van der Waals surface area contributed by atoms with E-state index >= 15 is 0 Å². The molecule has 0 fully saturated rings. The van der Waals surface area contributed by atoms with Gasteiger partial charge in [-0.05, 0) is 49.1 Å². The molecular formula is C23H24N2O4. The van der Waals surface area contributed by atoms with Gasteiger partial charge in [0.15, 0.2) is 11.5 Å². The number of benzene rings is 2. The van der Waals surface area contributed by atoms with Gasteiger partial charge in [-0.25, -0.2) is 0 Å². The second-order valence-corrected chi connectivity index (χ2v) is 7.03. The summed E-state index contributed by atoms with van der Waals surface area (Å²) in [7, 11) is 3.12. The molecule has 0 atom stereocenters. The first-order valence-corrected chi connectivity index (χ1v) is 9.79. The molecule has 0 radical (unpaired) electrons. The van der Waals surface area contributed by atoms with E-state index in [1.807, 2.05) is 30.0 Å². The van der Waals surface area contributed by atoms with Crippen LogP contribution >= 0.6 is 0 Å². The molecule has 0 bridgehead atoms. The maximum Gasteiger partial charge on any atom is 0.278 e. The lowest BCUT2D eigenvalue weighted by atomic mass is 9.98. The van der Waals surface area contributed by atoms with Crippen LogP contribution in [0.25, 0.3) is 5.57 Å². The van der Waals surface area contributed by atoms with E-state index in [4.69, 9.17) is 9.47 Å². The lowest BCUT2D eigenvalue weighted by molar-refractivity contribution is -0.136. The molecule has 2 heterocycles. The van der Waals surface area contributed by atoms with Crippen LogP contribution in [0.15, 0.2) is 48.2 Å². The first-order valence-electron chi connectivity index (χ1n) is 9.79. The summed E-state index contributed by atoms with van der Waals surface area (Å²) in [6.45, 7) is 2.84. The zero-order valence-electron chi connectivity index (χ0n) is 16.9. The van der Waals surface area contributed by atoms with E-state index in [1.54, 1.807) is 32.4 Å². The number of anilines is 1. The minimum Gasteiger partial charge on any atom is -0.493 e. The summed E-state index contributed by atoms with van der Waals surface area (Å²) in [6, 6.07) is 13.4. The van der Waals surface area contributed by atoms with Crippen molar-refractivity contribution in [3.8, 4) is 11.5 Å². The molecule has 0 N–H and O–H groups in total. The number of ether oxygens (including phenoxy) is 2. The molecule has 0 aliphatic carbocycles. The predicted molar refractivity (Wildman–Crippen MR) is 111 cm³/mol. The maximum absolute atomic E-state index is 13.3. The summed E-state index contributed by atoms with van der Waals surface area (Å²) in [5, 5.41) is 0. The second-order valence-electron chi connectivity index (χ2n) is 7.03. The van der Waals surface area contributed by atoms with Gasteiger partial charge in [-0.2, -0.15) is 0 Å². The Kier molecular flexibility index (Phi) is 5.01. The highest BCUT2D eigenvalue weighted by molar-refractivity contribution is 6.36. The summed E-state index contributed by atoms with van der Waals surface area (Å²) in [4.78, 5) is 29.8. The van der Waals surface area contributed by atoms with Crippen molar-refractivity contribution < 1.29 is 19.1 Å². The molecule has 0 saturated carbocycles. The van der Waals surface area contributed by atoms with Gasteiger partial charge in [0.25, 0.3) is 11.8 Å². The number of nitrogens with zero attached hydrogens (tertiary/aromatic N) is 2. The van der Waals surface area contributed by atoms with Crippen LogP contribution < -0.4 is 14.4 Å². The van der Waals surface area contributed by atoms with E-state index in [0.29, 0.717) is 41.4 Å². The smallest absolute Gasteiger partial charge is 0.278 e. The third-order valence-corrected chi connectivity index (χ3v) is 5.51. The van der Waals surface area contributed by atoms with E-state index in [9.17, 15) is 9.59 Å². The van der Waals surface area contributed by atoms with Gasteiger partial charge in [0.2, 0.25) is 0 Å². The second kappa shape index (κ2) is 7.62. The van der Waals surface area contributed by atoms with E-state index in [-0.39, 0.29) is 11.8 Å². The Morgan fingerprint density at radius 3 is 2.45 bits per heavy atom. The number of amides is 2. The quantitative estimate of drug-likeness (QED) is 0.731. The molecule has 150 valence electrons. The minimum atomic E-state index is -0.275. The SMILES string of the molecule is CCN1C(=O)C(c2ccc(OC)c(OC)c2)=C(N2CCCc3ccccc32)C1=O. The van der Waals surface area contributed by atoms with Crippen molar-refractivity contribution in [2.24, 2.45) is 0 Å². The molecule has 2 aromatic carbocycles. The Morgan fingerprint density at radius 1 is 0.966 bits per heavy atom. The normalized spacial score (nSPS) is 16.4. The molecule has 29 heavy (non-hydrogen) atoms. The number of likely N-dealkylation sites (N-methyl/N-ethyl adjacent to an activating group) is 1. The predicted octanol–water partition coefficient (Wildman–Crippen LogP) is 3.26. The van der Waals surface area contributed by atoms with Gasteiger partial charge < -0.3 is 14.4 Å². The van der Waals surface area contributed by atoms with Crippen LogP contribution in [0.5, 0.6) is 11.5 Å². The first kappa shape index (κ1) is 19.1. The van der Waals surface area contributed by atoms with Crippen LogP contribution in [0.2, 0.25) is 0 Å². The average Bonchev–Trinajstić information content (AvgIpc) is 3.02. The van der Waals surface area contributed by atoms with Crippen LogP contribution in [-0.4, -0.2) is 44.0 Å². The zero-order chi connectivity index (χ0) is 20.5. The molecule has 0 saturated heterocycles. The fraction of sp³-hybridized carbons (Fsp3) is 0.304. The lowest BCUT2D eigenvalue weighted by Crippen LogP contribution is -2.37. The average molecular weight is 392 g/mol. The van der Waals surface area contributed by atoms with E-state index < -0.39 is 0 Å². The third-order valence-electron chi connectivity index (χ3n) is 5.51. The van der Waals surface area contributed by atoms with Crippen molar-refractivity contribution in [2.45, 2.75) is 19.8 Å². The maximum atomic E-state index is 13.3. The standard InChI is InChI=1S/C23H24N2O4/c1-4-24-22(26)20(16-11-12-18(28-2)19(14-16)29-3)21(23(24)27)25-13-7-9-15-8-5-6-10-17(15)25/h5-6,8,10-12,14H,4,7,9,13H2,1-3H3. The van der Waals surface area contributed by atoms with Gasteiger partial charge >= 0.3 is 0 Å². The molecule has 2 aliphatic rings. The number of methoxy groups -OCH3 is 2. The number of aryl methyl sites for hydroxylation is 1. The van der Waals surface area contributed by atoms with Crippen molar-refractivity contribution in [1.29, 1.82) is 0 Å². The van der Waals surface area contributed by atoms with Crippen molar-refractivity contribution in [3.05, 3.63) is 59.3 Å². The molecule has 2 aliphatic heterocycles.